The third kappa shape index (κ3) is 2.49. The fourth-order valence-electron chi connectivity index (χ4n) is 4.78. The Morgan fingerprint density at radius 1 is 0.700 bits per heavy atom. The van der Waals surface area contributed by atoms with Crippen molar-refractivity contribution in [2.45, 2.75) is 11.7 Å². The van der Waals surface area contributed by atoms with Crippen LogP contribution >= 0.6 is 0 Å². The average Bonchev–Trinajstić information content (AvgIpc) is 3.56. The highest BCUT2D eigenvalue weighted by Gasteiger charge is 2.45. The molecule has 1 fully saturated rings. The van der Waals surface area contributed by atoms with Crippen LogP contribution in [0, 0.1) is 0 Å². The highest BCUT2D eigenvalue weighted by molar-refractivity contribution is 5.86. The Bertz CT molecular complexity index is 1180. The van der Waals surface area contributed by atoms with Crippen molar-refractivity contribution in [1.29, 1.82) is 0 Å². The van der Waals surface area contributed by atoms with Crippen LogP contribution < -0.4 is 4.74 Å². The molecule has 3 nitrogen and oxygen atoms in total. The van der Waals surface area contributed by atoms with E-state index in [9.17, 15) is 5.11 Å². The number of benzene rings is 4. The number of rotatable bonds is 4. The first-order valence-corrected chi connectivity index (χ1v) is 10.1. The second kappa shape index (κ2) is 6.48. The Morgan fingerprint density at radius 3 is 1.73 bits per heavy atom. The van der Waals surface area contributed by atoms with Crippen LogP contribution in [0.3, 0.4) is 0 Å². The van der Waals surface area contributed by atoms with Crippen molar-refractivity contribution in [3.05, 3.63) is 119 Å². The van der Waals surface area contributed by atoms with Gasteiger partial charge in [-0.1, -0.05) is 72.8 Å². The molecule has 0 saturated carbocycles. The lowest BCUT2D eigenvalue weighted by atomic mass is 9.68. The number of ether oxygens (including phenoxy) is 2. The van der Waals surface area contributed by atoms with Gasteiger partial charge >= 0.3 is 0 Å². The van der Waals surface area contributed by atoms with Crippen molar-refractivity contribution in [3.63, 3.8) is 0 Å². The molecule has 1 atom stereocenters. The van der Waals surface area contributed by atoms with Gasteiger partial charge in [0.25, 0.3) is 0 Å². The van der Waals surface area contributed by atoms with Gasteiger partial charge in [-0.2, -0.15) is 0 Å². The molecule has 1 heterocycles. The number of phenolic OH excluding ortho intramolecular Hbond substituents is 1. The van der Waals surface area contributed by atoms with Crippen LogP contribution in [-0.4, -0.2) is 18.0 Å². The topological polar surface area (TPSA) is 42.0 Å². The number of phenols is 1. The summed E-state index contributed by atoms with van der Waals surface area (Å²) in [5.41, 5.74) is 6.80. The first kappa shape index (κ1) is 17.3. The highest BCUT2D eigenvalue weighted by atomic mass is 16.8. The van der Waals surface area contributed by atoms with Gasteiger partial charge in [0, 0.05) is 0 Å². The van der Waals surface area contributed by atoms with Gasteiger partial charge in [0.1, 0.15) is 18.1 Å². The van der Waals surface area contributed by atoms with Crippen LogP contribution in [0.15, 0.2) is 97.1 Å². The number of aromatic hydroxyl groups is 1. The van der Waals surface area contributed by atoms with Crippen molar-refractivity contribution in [2.24, 2.45) is 0 Å². The molecule has 0 radical (unpaired) electrons. The van der Waals surface area contributed by atoms with Crippen molar-refractivity contribution >= 4 is 0 Å². The second-order valence-electron chi connectivity index (χ2n) is 7.79. The van der Waals surface area contributed by atoms with Crippen molar-refractivity contribution in [1.82, 2.24) is 0 Å². The summed E-state index contributed by atoms with van der Waals surface area (Å²) in [5, 5.41) is 9.94. The normalized spacial score (nSPS) is 17.8. The standard InChI is InChI=1S/C27H20O3/c28-20-13-9-18(10-14-20)27(19-11-15-21(16-12-19)30-26-17-29-26)24-7-3-1-5-22(24)23-6-2-4-8-25(23)27/h1-16,26,28H,17H2. The smallest absolute Gasteiger partial charge is 0.223 e. The van der Waals surface area contributed by atoms with Gasteiger partial charge in [-0.05, 0) is 57.6 Å². The minimum atomic E-state index is -0.463. The lowest BCUT2D eigenvalue weighted by Crippen LogP contribution is -2.28. The maximum atomic E-state index is 9.94. The minimum absolute atomic E-state index is 0.116. The lowest BCUT2D eigenvalue weighted by molar-refractivity contribution is 0.179. The average molecular weight is 392 g/mol. The maximum absolute atomic E-state index is 9.94. The van der Waals surface area contributed by atoms with E-state index >= 15 is 0 Å². The molecule has 1 saturated heterocycles. The Balaban J connectivity index is 1.64. The predicted octanol–water partition coefficient (Wildman–Crippen LogP) is 5.49. The van der Waals surface area contributed by atoms with E-state index in [-0.39, 0.29) is 12.0 Å². The van der Waals surface area contributed by atoms with Gasteiger partial charge in [-0.15, -0.1) is 0 Å². The molecule has 4 aromatic carbocycles. The van der Waals surface area contributed by atoms with E-state index in [1.807, 2.05) is 24.3 Å². The van der Waals surface area contributed by atoms with Crippen LogP contribution in [0.2, 0.25) is 0 Å². The van der Waals surface area contributed by atoms with Crippen LogP contribution in [0.4, 0.5) is 0 Å². The summed E-state index contributed by atoms with van der Waals surface area (Å²) in [7, 11) is 0. The summed E-state index contributed by atoms with van der Waals surface area (Å²) in [6.45, 7) is 0.653. The largest absolute Gasteiger partial charge is 0.508 e. The van der Waals surface area contributed by atoms with Crippen LogP contribution in [0.5, 0.6) is 11.5 Å². The van der Waals surface area contributed by atoms with Crippen molar-refractivity contribution < 1.29 is 14.6 Å². The number of hydrogen-bond acceptors (Lipinski definition) is 3. The Kier molecular flexibility index (Phi) is 3.74. The molecule has 6 rings (SSSR count). The van der Waals surface area contributed by atoms with Gasteiger partial charge in [-0.3, -0.25) is 0 Å². The summed E-state index contributed by atoms with van der Waals surface area (Å²) in [6.07, 6.45) is -0.116. The quantitative estimate of drug-likeness (QED) is 0.411. The third-order valence-electron chi connectivity index (χ3n) is 6.11. The molecule has 0 bridgehead atoms. The maximum Gasteiger partial charge on any atom is 0.223 e. The molecule has 2 aliphatic rings. The number of hydrogen-bond donors (Lipinski definition) is 1. The molecule has 4 aromatic rings. The molecule has 0 spiro atoms. The van der Waals surface area contributed by atoms with Gasteiger partial charge < -0.3 is 14.6 Å². The Hall–Kier alpha value is -3.56. The molecule has 1 unspecified atom stereocenters. The van der Waals surface area contributed by atoms with E-state index in [4.69, 9.17) is 9.47 Å². The SMILES string of the molecule is Oc1ccc(C2(c3ccc(OC4CO4)cc3)c3ccccc3-c3ccccc32)cc1. The zero-order chi connectivity index (χ0) is 20.1. The van der Waals surface area contributed by atoms with E-state index in [2.05, 4.69) is 60.7 Å². The van der Waals surface area contributed by atoms with Crippen LogP contribution in [0.25, 0.3) is 11.1 Å². The first-order chi connectivity index (χ1) is 14.8. The summed E-state index contributed by atoms with van der Waals surface area (Å²) in [4.78, 5) is 0. The van der Waals surface area contributed by atoms with Crippen molar-refractivity contribution in [3.8, 4) is 22.6 Å². The fourth-order valence-corrected chi connectivity index (χ4v) is 4.78. The van der Waals surface area contributed by atoms with E-state index in [0.717, 1.165) is 16.9 Å². The molecule has 1 aliphatic heterocycles. The molecular weight excluding hydrogens is 372 g/mol. The molecule has 0 amide bonds. The van der Waals surface area contributed by atoms with E-state index in [1.54, 1.807) is 12.1 Å². The molecule has 146 valence electrons. The zero-order valence-electron chi connectivity index (χ0n) is 16.3. The Labute approximate surface area is 175 Å². The van der Waals surface area contributed by atoms with Crippen molar-refractivity contribution in [2.75, 3.05) is 6.61 Å². The third-order valence-corrected chi connectivity index (χ3v) is 6.11. The van der Waals surface area contributed by atoms with Crippen LogP contribution in [-0.2, 0) is 10.2 Å². The molecule has 30 heavy (non-hydrogen) atoms. The first-order valence-electron chi connectivity index (χ1n) is 10.1. The van der Waals surface area contributed by atoms with E-state index < -0.39 is 5.41 Å². The summed E-state index contributed by atoms with van der Waals surface area (Å²) in [6, 6.07) is 33.1. The summed E-state index contributed by atoms with van der Waals surface area (Å²) >= 11 is 0. The highest BCUT2D eigenvalue weighted by Crippen LogP contribution is 2.56. The minimum Gasteiger partial charge on any atom is -0.508 e. The van der Waals surface area contributed by atoms with Gasteiger partial charge in [0.05, 0.1) is 5.41 Å². The van der Waals surface area contributed by atoms with Gasteiger partial charge in [0.15, 0.2) is 0 Å². The number of epoxide rings is 1. The Morgan fingerprint density at radius 2 is 1.20 bits per heavy atom. The fraction of sp³-hybridized carbons (Fsp3) is 0.111. The van der Waals surface area contributed by atoms with Gasteiger partial charge in [0.2, 0.25) is 6.29 Å². The predicted molar refractivity (Wildman–Crippen MR) is 116 cm³/mol. The summed E-state index contributed by atoms with van der Waals surface area (Å²) < 4.78 is 11.0. The molecule has 0 aromatic heterocycles. The van der Waals surface area contributed by atoms with E-state index in [1.165, 1.54) is 22.3 Å². The lowest BCUT2D eigenvalue weighted by Gasteiger charge is -2.34. The molecule has 3 heteroatoms. The monoisotopic (exact) mass is 392 g/mol. The molecule has 1 aliphatic carbocycles. The van der Waals surface area contributed by atoms with Gasteiger partial charge in [-0.25, -0.2) is 0 Å². The summed E-state index contributed by atoms with van der Waals surface area (Å²) in [5.74, 6) is 1.07. The zero-order valence-corrected chi connectivity index (χ0v) is 16.3. The second-order valence-corrected chi connectivity index (χ2v) is 7.79. The van der Waals surface area contributed by atoms with Crippen LogP contribution in [0.1, 0.15) is 22.3 Å². The number of fused-ring (bicyclic) bond motifs is 3. The molecule has 1 N–H and O–H groups in total. The molecular formula is C27H20O3. The van der Waals surface area contributed by atoms with E-state index in [0.29, 0.717) is 6.61 Å².